The Hall–Kier alpha value is -5.36. The van der Waals surface area contributed by atoms with Crippen molar-refractivity contribution < 1.29 is 0 Å². The summed E-state index contributed by atoms with van der Waals surface area (Å²) in [6.07, 6.45) is 4.36. The zero-order valence-electron chi connectivity index (χ0n) is 28.6. The van der Waals surface area contributed by atoms with E-state index in [0.717, 1.165) is 69.9 Å². The van der Waals surface area contributed by atoms with Gasteiger partial charge in [-0.25, -0.2) is 9.98 Å². The maximum Gasteiger partial charge on any atom is 0.194 e. The van der Waals surface area contributed by atoms with Crippen LogP contribution in [-0.2, 0) is 32.7 Å². The molecule has 0 unspecified atom stereocenters. The van der Waals surface area contributed by atoms with Gasteiger partial charge in [0.1, 0.15) is 0 Å². The van der Waals surface area contributed by atoms with Crippen molar-refractivity contribution in [1.29, 1.82) is 0 Å². The normalized spacial score (nSPS) is 11.7. The molecule has 0 spiro atoms. The number of nitrogens with zero attached hydrogens (tertiary/aromatic N) is 4. The standard InChI is InChI=1S/C43H50N6/c44-42(45-32-37-20-8-3-9-21-37)48(35-40-26-14-6-15-27-40)30-18-1-2-19-31-49(36-41-28-16-7-17-29-41)43(46-33-38-22-10-4-11-23-38)47-34-39-24-12-5-13-25-39/h3-17,20-29H,1-2,18-19,30-36H2,(H2,44,45)(H,46,47). The molecule has 0 radical (unpaired) electrons. The molecule has 3 N–H and O–H groups in total. The van der Waals surface area contributed by atoms with Crippen molar-refractivity contribution in [3.63, 3.8) is 0 Å². The Labute approximate surface area is 293 Å². The van der Waals surface area contributed by atoms with E-state index in [1.165, 1.54) is 22.3 Å². The lowest BCUT2D eigenvalue weighted by Gasteiger charge is -2.28. The molecular formula is C43H50N6. The topological polar surface area (TPSA) is 69.2 Å². The molecule has 0 aliphatic heterocycles. The minimum absolute atomic E-state index is 0.585. The zero-order valence-corrected chi connectivity index (χ0v) is 28.6. The van der Waals surface area contributed by atoms with Gasteiger partial charge in [0.2, 0.25) is 0 Å². The Kier molecular flexibility index (Phi) is 14.3. The van der Waals surface area contributed by atoms with Gasteiger partial charge in [0.15, 0.2) is 11.9 Å². The van der Waals surface area contributed by atoms with Crippen LogP contribution in [0.25, 0.3) is 0 Å². The van der Waals surface area contributed by atoms with Gasteiger partial charge >= 0.3 is 0 Å². The minimum atomic E-state index is 0.585. The fourth-order valence-corrected chi connectivity index (χ4v) is 5.75. The van der Waals surface area contributed by atoms with Crippen LogP contribution in [0.1, 0.15) is 53.5 Å². The molecule has 0 fully saturated rings. The maximum atomic E-state index is 6.59. The number of aliphatic imine (C=N–C) groups is 2. The van der Waals surface area contributed by atoms with Crippen LogP contribution in [0, 0.1) is 0 Å². The first kappa shape index (κ1) is 35.0. The predicted molar refractivity (Wildman–Crippen MR) is 205 cm³/mol. The molecule has 0 amide bonds. The van der Waals surface area contributed by atoms with Crippen LogP contribution in [-0.4, -0.2) is 34.8 Å². The molecule has 252 valence electrons. The van der Waals surface area contributed by atoms with Gasteiger partial charge < -0.3 is 20.9 Å². The lowest BCUT2D eigenvalue weighted by Crippen LogP contribution is -2.41. The fourth-order valence-electron chi connectivity index (χ4n) is 5.75. The highest BCUT2D eigenvalue weighted by atomic mass is 15.3. The molecule has 0 bridgehead atoms. The number of hydrogen-bond acceptors (Lipinski definition) is 2. The molecule has 5 aromatic carbocycles. The first-order valence-electron chi connectivity index (χ1n) is 17.5. The summed E-state index contributed by atoms with van der Waals surface area (Å²) in [5, 5.41) is 3.70. The third-order valence-electron chi connectivity index (χ3n) is 8.48. The average Bonchev–Trinajstić information content (AvgIpc) is 3.16. The molecule has 0 heterocycles. The lowest BCUT2D eigenvalue weighted by molar-refractivity contribution is 0.365. The average molecular weight is 651 g/mol. The van der Waals surface area contributed by atoms with E-state index in [4.69, 9.17) is 15.7 Å². The fraction of sp³-hybridized carbons (Fsp3) is 0.256. The Bertz CT molecular complexity index is 1660. The predicted octanol–water partition coefficient (Wildman–Crippen LogP) is 8.41. The third kappa shape index (κ3) is 12.6. The first-order chi connectivity index (χ1) is 24.2. The summed E-state index contributed by atoms with van der Waals surface area (Å²) in [4.78, 5) is 14.5. The van der Waals surface area contributed by atoms with Crippen LogP contribution >= 0.6 is 0 Å². The summed E-state index contributed by atoms with van der Waals surface area (Å²) in [7, 11) is 0. The largest absolute Gasteiger partial charge is 0.370 e. The van der Waals surface area contributed by atoms with Gasteiger partial charge in [-0.1, -0.05) is 165 Å². The number of rotatable bonds is 17. The number of hydrogen-bond donors (Lipinski definition) is 2. The Morgan fingerprint density at radius 3 is 1.33 bits per heavy atom. The molecule has 0 atom stereocenters. The summed E-state index contributed by atoms with van der Waals surface area (Å²) >= 11 is 0. The zero-order chi connectivity index (χ0) is 33.8. The highest BCUT2D eigenvalue weighted by molar-refractivity contribution is 5.80. The highest BCUT2D eigenvalue weighted by Gasteiger charge is 2.14. The second-order valence-electron chi connectivity index (χ2n) is 12.4. The van der Waals surface area contributed by atoms with E-state index in [-0.39, 0.29) is 0 Å². The van der Waals surface area contributed by atoms with E-state index < -0.39 is 0 Å². The van der Waals surface area contributed by atoms with Crippen LogP contribution in [0.4, 0.5) is 0 Å². The lowest BCUT2D eigenvalue weighted by atomic mass is 10.1. The van der Waals surface area contributed by atoms with Crippen LogP contribution < -0.4 is 11.1 Å². The number of nitrogens with two attached hydrogens (primary N) is 1. The third-order valence-corrected chi connectivity index (χ3v) is 8.48. The summed E-state index contributed by atoms with van der Waals surface area (Å²) in [6.45, 7) is 5.28. The van der Waals surface area contributed by atoms with Gasteiger partial charge in [-0.3, -0.25) is 0 Å². The highest BCUT2D eigenvalue weighted by Crippen LogP contribution is 2.13. The van der Waals surface area contributed by atoms with E-state index in [1.807, 2.05) is 18.2 Å². The van der Waals surface area contributed by atoms with Gasteiger partial charge in [-0.2, -0.15) is 0 Å². The van der Waals surface area contributed by atoms with E-state index in [9.17, 15) is 0 Å². The van der Waals surface area contributed by atoms with E-state index >= 15 is 0 Å². The van der Waals surface area contributed by atoms with E-state index in [1.54, 1.807) is 0 Å². The molecule has 0 saturated carbocycles. The number of nitrogens with one attached hydrogen (secondary N) is 1. The van der Waals surface area contributed by atoms with Crippen LogP contribution in [0.2, 0.25) is 0 Å². The van der Waals surface area contributed by atoms with Crippen molar-refractivity contribution in [3.05, 3.63) is 179 Å². The summed E-state index contributed by atoms with van der Waals surface area (Å²) in [6, 6.07) is 52.5. The van der Waals surface area contributed by atoms with Crippen molar-refractivity contribution in [2.75, 3.05) is 13.1 Å². The van der Waals surface area contributed by atoms with Gasteiger partial charge in [-0.15, -0.1) is 0 Å². The summed E-state index contributed by atoms with van der Waals surface area (Å²) in [5.74, 6) is 1.54. The van der Waals surface area contributed by atoms with Crippen molar-refractivity contribution in [2.45, 2.75) is 58.4 Å². The minimum Gasteiger partial charge on any atom is -0.370 e. The van der Waals surface area contributed by atoms with E-state index in [0.29, 0.717) is 19.0 Å². The van der Waals surface area contributed by atoms with Gasteiger partial charge in [0.25, 0.3) is 0 Å². The molecule has 0 aliphatic carbocycles. The monoisotopic (exact) mass is 650 g/mol. The van der Waals surface area contributed by atoms with Crippen molar-refractivity contribution in [1.82, 2.24) is 15.1 Å². The van der Waals surface area contributed by atoms with Gasteiger partial charge in [0.05, 0.1) is 13.1 Å². The number of benzene rings is 5. The SMILES string of the molecule is NC(=NCc1ccccc1)N(CCCCCCN(Cc1ccccc1)C(=NCc1ccccc1)NCc1ccccc1)Cc1ccccc1. The van der Waals surface area contributed by atoms with Gasteiger partial charge in [0, 0.05) is 32.7 Å². The Morgan fingerprint density at radius 2 is 0.837 bits per heavy atom. The molecule has 0 saturated heterocycles. The molecule has 6 heteroatoms. The first-order valence-corrected chi connectivity index (χ1v) is 17.5. The second-order valence-corrected chi connectivity index (χ2v) is 12.4. The van der Waals surface area contributed by atoms with Crippen LogP contribution in [0.5, 0.6) is 0 Å². The van der Waals surface area contributed by atoms with Gasteiger partial charge in [-0.05, 0) is 40.7 Å². The van der Waals surface area contributed by atoms with Crippen LogP contribution in [0.15, 0.2) is 162 Å². The Balaban J connectivity index is 1.21. The number of guanidine groups is 2. The van der Waals surface area contributed by atoms with E-state index in [2.05, 4.69) is 149 Å². The summed E-state index contributed by atoms with van der Waals surface area (Å²) in [5.41, 5.74) is 12.7. The molecule has 0 aromatic heterocycles. The molecule has 5 aromatic rings. The van der Waals surface area contributed by atoms with Crippen molar-refractivity contribution in [2.24, 2.45) is 15.7 Å². The second kappa shape index (κ2) is 20.1. The smallest absolute Gasteiger partial charge is 0.194 e. The van der Waals surface area contributed by atoms with Crippen molar-refractivity contribution >= 4 is 11.9 Å². The molecule has 49 heavy (non-hydrogen) atoms. The maximum absolute atomic E-state index is 6.59. The molecule has 6 nitrogen and oxygen atoms in total. The van der Waals surface area contributed by atoms with Crippen LogP contribution in [0.3, 0.4) is 0 Å². The molecule has 5 rings (SSSR count). The Morgan fingerprint density at radius 1 is 0.449 bits per heavy atom. The molecule has 0 aliphatic rings. The summed E-state index contributed by atoms with van der Waals surface area (Å²) < 4.78 is 0. The number of unbranched alkanes of at least 4 members (excludes halogenated alkanes) is 3. The quantitative estimate of drug-likeness (QED) is 0.0603. The molecular weight excluding hydrogens is 601 g/mol. The van der Waals surface area contributed by atoms with Crippen molar-refractivity contribution in [3.8, 4) is 0 Å².